The highest BCUT2D eigenvalue weighted by molar-refractivity contribution is 6.33. The molecule has 1 aliphatic heterocycles. The third-order valence-corrected chi connectivity index (χ3v) is 5.06. The van der Waals surface area contributed by atoms with Crippen molar-refractivity contribution in [2.24, 2.45) is 11.8 Å². The second-order valence-electron chi connectivity index (χ2n) is 7.08. The summed E-state index contributed by atoms with van der Waals surface area (Å²) in [6.07, 6.45) is 0. The topological polar surface area (TPSA) is 47.0 Å². The van der Waals surface area contributed by atoms with Gasteiger partial charge in [0, 0.05) is 45.2 Å². The van der Waals surface area contributed by atoms with Gasteiger partial charge in [0.2, 0.25) is 0 Å². The van der Waals surface area contributed by atoms with Gasteiger partial charge in [-0.15, -0.1) is 0 Å². The van der Waals surface area contributed by atoms with Crippen molar-refractivity contribution in [2.75, 3.05) is 60.5 Å². The fraction of sp³-hybridized carbons (Fsp3) is 0.611. The van der Waals surface area contributed by atoms with Gasteiger partial charge in [-0.25, -0.2) is 4.39 Å². The van der Waals surface area contributed by atoms with E-state index in [1.54, 1.807) is 4.90 Å². The molecule has 25 heavy (non-hydrogen) atoms. The van der Waals surface area contributed by atoms with Crippen LogP contribution in [-0.4, -0.2) is 86.2 Å². The van der Waals surface area contributed by atoms with Crippen LogP contribution in [0.15, 0.2) is 18.2 Å². The molecule has 2 atom stereocenters. The molecule has 1 aliphatic rings. The Balaban J connectivity index is 2.04. The summed E-state index contributed by atoms with van der Waals surface area (Å²) in [5.41, 5.74) is -0.0810. The molecule has 5 nitrogen and oxygen atoms in total. The minimum atomic E-state index is -0.607. The number of halogens is 2. The van der Waals surface area contributed by atoms with Crippen molar-refractivity contribution in [3.8, 4) is 0 Å². The Bertz CT molecular complexity index is 579. The molecule has 1 aromatic rings. The zero-order valence-corrected chi connectivity index (χ0v) is 15.8. The van der Waals surface area contributed by atoms with Crippen LogP contribution in [0.25, 0.3) is 0 Å². The van der Waals surface area contributed by atoms with E-state index in [0.717, 1.165) is 19.6 Å². The molecule has 140 valence electrons. The molecule has 7 heteroatoms. The lowest BCUT2D eigenvalue weighted by atomic mass is 9.96. The molecule has 0 bridgehead atoms. The van der Waals surface area contributed by atoms with Gasteiger partial charge in [0.15, 0.2) is 0 Å². The van der Waals surface area contributed by atoms with Crippen molar-refractivity contribution in [1.82, 2.24) is 14.7 Å². The monoisotopic (exact) mass is 371 g/mol. The number of likely N-dealkylation sites (N-methyl/N-ethyl adjacent to an activating group) is 2. The van der Waals surface area contributed by atoms with Gasteiger partial charge in [-0.1, -0.05) is 17.7 Å². The first-order chi connectivity index (χ1) is 11.8. The fourth-order valence-electron chi connectivity index (χ4n) is 3.24. The molecular weight excluding hydrogens is 345 g/mol. The number of amides is 1. The number of benzene rings is 1. The molecule has 0 radical (unpaired) electrons. The first kappa shape index (κ1) is 20.1. The van der Waals surface area contributed by atoms with E-state index in [-0.39, 0.29) is 29.0 Å². The number of rotatable bonds is 7. The molecule has 0 aliphatic carbocycles. The number of nitrogens with zero attached hydrogens (tertiary/aromatic N) is 3. The van der Waals surface area contributed by atoms with Crippen LogP contribution < -0.4 is 0 Å². The first-order valence-electron chi connectivity index (χ1n) is 8.51. The number of hydrogen-bond acceptors (Lipinski definition) is 4. The number of aliphatic hydroxyl groups is 1. The summed E-state index contributed by atoms with van der Waals surface area (Å²) < 4.78 is 14.0. The smallest absolute Gasteiger partial charge is 0.258 e. The maximum Gasteiger partial charge on any atom is 0.258 e. The molecule has 0 aromatic heterocycles. The van der Waals surface area contributed by atoms with Crippen LogP contribution in [0.4, 0.5) is 4.39 Å². The van der Waals surface area contributed by atoms with Gasteiger partial charge >= 0.3 is 0 Å². The predicted molar refractivity (Wildman–Crippen MR) is 97.4 cm³/mol. The third kappa shape index (κ3) is 5.14. The summed E-state index contributed by atoms with van der Waals surface area (Å²) in [5, 5.41) is 9.80. The lowest BCUT2D eigenvalue weighted by Crippen LogP contribution is -2.35. The molecular formula is C18H27ClFN3O2. The van der Waals surface area contributed by atoms with Crippen LogP contribution in [0.1, 0.15) is 10.4 Å². The van der Waals surface area contributed by atoms with Gasteiger partial charge < -0.3 is 19.8 Å². The van der Waals surface area contributed by atoms with E-state index >= 15 is 0 Å². The average Bonchev–Trinajstić information content (AvgIpc) is 2.95. The summed E-state index contributed by atoms with van der Waals surface area (Å²) in [5.74, 6) is -0.854. The fourth-order valence-corrected chi connectivity index (χ4v) is 3.48. The van der Waals surface area contributed by atoms with E-state index in [0.29, 0.717) is 13.1 Å². The Hall–Kier alpha value is -1.21. The maximum absolute atomic E-state index is 14.0. The van der Waals surface area contributed by atoms with Gasteiger partial charge in [-0.2, -0.15) is 0 Å². The number of likely N-dealkylation sites (tertiary alicyclic amines) is 1. The Morgan fingerprint density at radius 1 is 1.28 bits per heavy atom. The van der Waals surface area contributed by atoms with Crippen molar-refractivity contribution in [3.05, 3.63) is 34.6 Å². The number of carbonyl (C=O) groups excluding carboxylic acids is 1. The van der Waals surface area contributed by atoms with E-state index in [1.165, 1.54) is 18.2 Å². The standard InChI is InChI=1S/C18H27ClFN3O2/c1-21(2)7-8-22(3)9-13-10-23(11-14(13)12-24)18(25)17-15(19)5-4-6-16(17)20/h4-6,13-14,24H,7-12H2,1-3H3/t13-,14-/m1/s1. The van der Waals surface area contributed by atoms with Crippen LogP contribution in [0, 0.1) is 17.7 Å². The highest BCUT2D eigenvalue weighted by Crippen LogP contribution is 2.28. The maximum atomic E-state index is 14.0. The molecule has 0 unspecified atom stereocenters. The molecule has 1 aromatic carbocycles. The van der Waals surface area contributed by atoms with Crippen molar-refractivity contribution in [2.45, 2.75) is 0 Å². The first-order valence-corrected chi connectivity index (χ1v) is 8.88. The van der Waals surface area contributed by atoms with Gasteiger partial charge in [0.25, 0.3) is 5.91 Å². The summed E-state index contributed by atoms with van der Waals surface area (Å²) in [7, 11) is 6.09. The van der Waals surface area contributed by atoms with Crippen LogP contribution >= 0.6 is 11.6 Å². The lowest BCUT2D eigenvalue weighted by molar-refractivity contribution is 0.0775. The second kappa shape index (κ2) is 8.94. The normalized spacial score (nSPS) is 20.7. The highest BCUT2D eigenvalue weighted by atomic mass is 35.5. The third-order valence-electron chi connectivity index (χ3n) is 4.75. The molecule has 1 N–H and O–H groups in total. The van der Waals surface area contributed by atoms with Crippen molar-refractivity contribution < 1.29 is 14.3 Å². The Kier molecular flexibility index (Phi) is 7.19. The quantitative estimate of drug-likeness (QED) is 0.791. The van der Waals surface area contributed by atoms with Crippen LogP contribution in [0.3, 0.4) is 0 Å². The molecule has 0 spiro atoms. The Morgan fingerprint density at radius 2 is 1.96 bits per heavy atom. The number of hydrogen-bond donors (Lipinski definition) is 1. The summed E-state index contributed by atoms with van der Waals surface area (Å²) in [6.45, 7) is 3.58. The van der Waals surface area contributed by atoms with Gasteiger partial charge in [0.1, 0.15) is 5.82 Å². The van der Waals surface area contributed by atoms with E-state index in [9.17, 15) is 14.3 Å². The molecule has 0 saturated carbocycles. The van der Waals surface area contributed by atoms with Crippen molar-refractivity contribution in [3.63, 3.8) is 0 Å². The molecule has 1 saturated heterocycles. The summed E-state index contributed by atoms with van der Waals surface area (Å²) in [6, 6.07) is 4.24. The van der Waals surface area contributed by atoms with E-state index in [2.05, 4.69) is 9.80 Å². The zero-order chi connectivity index (χ0) is 18.6. The lowest BCUT2D eigenvalue weighted by Gasteiger charge is -2.25. The minimum absolute atomic E-state index is 0.00342. The summed E-state index contributed by atoms with van der Waals surface area (Å²) in [4.78, 5) is 18.6. The van der Waals surface area contributed by atoms with Crippen molar-refractivity contribution in [1.29, 1.82) is 0 Å². The summed E-state index contributed by atoms with van der Waals surface area (Å²) >= 11 is 6.01. The van der Waals surface area contributed by atoms with Crippen molar-refractivity contribution >= 4 is 17.5 Å². The van der Waals surface area contributed by atoms with E-state index < -0.39 is 11.7 Å². The largest absolute Gasteiger partial charge is 0.396 e. The number of carbonyl (C=O) groups is 1. The number of aliphatic hydroxyl groups excluding tert-OH is 1. The molecule has 2 rings (SSSR count). The Labute approximate surface area is 154 Å². The van der Waals surface area contributed by atoms with Gasteiger partial charge in [-0.3, -0.25) is 4.79 Å². The van der Waals surface area contributed by atoms with E-state index in [1.807, 2.05) is 21.1 Å². The SMILES string of the molecule is CN(C)CCN(C)C[C@@H]1CN(C(=O)c2c(F)cccc2Cl)C[C@@H]1CO. The van der Waals surface area contributed by atoms with Crippen LogP contribution in [0.5, 0.6) is 0 Å². The second-order valence-corrected chi connectivity index (χ2v) is 7.48. The Morgan fingerprint density at radius 3 is 2.56 bits per heavy atom. The van der Waals surface area contributed by atoms with Crippen LogP contribution in [0.2, 0.25) is 5.02 Å². The zero-order valence-electron chi connectivity index (χ0n) is 15.1. The molecule has 1 fully saturated rings. The highest BCUT2D eigenvalue weighted by Gasteiger charge is 2.36. The molecule has 1 heterocycles. The average molecular weight is 372 g/mol. The van der Waals surface area contributed by atoms with Gasteiger partial charge in [0.05, 0.1) is 10.6 Å². The van der Waals surface area contributed by atoms with E-state index in [4.69, 9.17) is 11.6 Å². The van der Waals surface area contributed by atoms with Crippen LogP contribution in [-0.2, 0) is 0 Å². The minimum Gasteiger partial charge on any atom is -0.396 e. The molecule has 1 amide bonds. The van der Waals surface area contributed by atoms with Gasteiger partial charge in [-0.05, 0) is 39.2 Å². The predicted octanol–water partition coefficient (Wildman–Crippen LogP) is 1.65.